The van der Waals surface area contributed by atoms with E-state index >= 15 is 0 Å². The first-order valence-electron chi connectivity index (χ1n) is 10.2. The van der Waals surface area contributed by atoms with Crippen LogP contribution in [0.4, 0.5) is 0 Å². The molecule has 4 rings (SSSR count). The molecule has 0 unspecified atom stereocenters. The molecule has 2 N–H and O–H groups in total. The second-order valence-electron chi connectivity index (χ2n) is 7.85. The topological polar surface area (TPSA) is 54.2 Å². The van der Waals surface area contributed by atoms with Crippen molar-refractivity contribution < 1.29 is 0 Å². The molecule has 1 saturated carbocycles. The lowest BCUT2D eigenvalue weighted by Gasteiger charge is -2.19. The molecule has 0 spiro atoms. The second-order valence-corrected chi connectivity index (χ2v) is 7.85. The van der Waals surface area contributed by atoms with E-state index in [4.69, 9.17) is 0 Å². The Hall–Kier alpha value is -2.35. The van der Waals surface area contributed by atoms with Crippen LogP contribution in [0.15, 0.2) is 72.0 Å². The van der Waals surface area contributed by atoms with Crippen molar-refractivity contribution in [1.29, 1.82) is 0 Å². The van der Waals surface area contributed by atoms with Gasteiger partial charge in [-0.1, -0.05) is 54.6 Å². The van der Waals surface area contributed by atoms with Crippen molar-refractivity contribution in [2.45, 2.75) is 38.3 Å². The minimum Gasteiger partial charge on any atom is -0.356 e. The molecule has 1 aliphatic rings. The van der Waals surface area contributed by atoms with E-state index in [9.17, 15) is 0 Å². The van der Waals surface area contributed by atoms with E-state index in [0.29, 0.717) is 0 Å². The van der Waals surface area contributed by atoms with Crippen LogP contribution in [-0.4, -0.2) is 29.1 Å². The average Bonchev–Trinajstić information content (AvgIpc) is 3.45. The van der Waals surface area contributed by atoms with Crippen LogP contribution in [0.3, 0.4) is 0 Å². The molecule has 0 saturated heterocycles. The third-order valence-electron chi connectivity index (χ3n) is 5.79. The summed E-state index contributed by atoms with van der Waals surface area (Å²) < 4.78 is 2.16. The molecule has 1 aromatic heterocycles. The maximum atomic E-state index is 4.40. The smallest absolute Gasteiger partial charge is 0.191 e. The molecule has 6 heteroatoms. The monoisotopic (exact) mass is 515 g/mol. The maximum absolute atomic E-state index is 4.40. The first-order chi connectivity index (χ1) is 14.2. The molecule has 0 radical (unpaired) electrons. The molecule has 0 amide bonds. The van der Waals surface area contributed by atoms with E-state index in [1.807, 2.05) is 26.4 Å². The van der Waals surface area contributed by atoms with Gasteiger partial charge >= 0.3 is 0 Å². The summed E-state index contributed by atoms with van der Waals surface area (Å²) in [5, 5.41) is 6.98. The number of benzene rings is 2. The lowest BCUT2D eigenvalue weighted by molar-refractivity contribution is 0.645. The van der Waals surface area contributed by atoms with Crippen LogP contribution in [0, 0.1) is 6.92 Å². The quantitative estimate of drug-likeness (QED) is 0.281. The SMILES string of the molecule is CN=C(NCc1cccc(Cn2ccnc2C)c1)NCC1(c2ccccc2)CC1.I. The Morgan fingerprint density at radius 3 is 2.50 bits per heavy atom. The van der Waals surface area contributed by atoms with Crippen molar-refractivity contribution >= 4 is 29.9 Å². The summed E-state index contributed by atoms with van der Waals surface area (Å²) >= 11 is 0. The highest BCUT2D eigenvalue weighted by atomic mass is 127. The van der Waals surface area contributed by atoms with E-state index in [1.165, 1.54) is 29.5 Å². The molecule has 5 nitrogen and oxygen atoms in total. The minimum absolute atomic E-state index is 0. The number of aliphatic imine (C=N–C) groups is 1. The standard InChI is InChI=1S/C24H29N5.HI/c1-19-26-13-14-29(19)17-21-8-6-7-20(15-21)16-27-23(25-2)28-18-24(11-12-24)22-9-4-3-5-10-22;/h3-10,13-15H,11-12,16-18H2,1-2H3,(H2,25,27,28);1H. The van der Waals surface area contributed by atoms with Gasteiger partial charge in [-0.3, -0.25) is 4.99 Å². The van der Waals surface area contributed by atoms with Crippen LogP contribution in [0.5, 0.6) is 0 Å². The van der Waals surface area contributed by atoms with Gasteiger partial charge in [0, 0.05) is 44.5 Å². The number of aromatic nitrogens is 2. The molecule has 3 aromatic rings. The Kier molecular flexibility index (Phi) is 7.53. The number of halogens is 1. The van der Waals surface area contributed by atoms with Crippen LogP contribution in [0.2, 0.25) is 0 Å². The minimum atomic E-state index is 0. The van der Waals surface area contributed by atoms with E-state index < -0.39 is 0 Å². The fourth-order valence-electron chi connectivity index (χ4n) is 3.77. The highest BCUT2D eigenvalue weighted by molar-refractivity contribution is 14.0. The Bertz CT molecular complexity index is 976. The predicted molar refractivity (Wildman–Crippen MR) is 133 cm³/mol. The molecule has 0 atom stereocenters. The number of guanidine groups is 1. The first kappa shape index (κ1) is 22.3. The molecule has 1 aliphatic carbocycles. The molecule has 0 aliphatic heterocycles. The number of hydrogen-bond acceptors (Lipinski definition) is 2. The number of imidazole rings is 1. The van der Waals surface area contributed by atoms with Gasteiger partial charge in [0.05, 0.1) is 0 Å². The summed E-state index contributed by atoms with van der Waals surface area (Å²) in [7, 11) is 1.83. The number of aryl methyl sites for hydroxylation is 1. The van der Waals surface area contributed by atoms with Crippen LogP contribution in [0.25, 0.3) is 0 Å². The maximum Gasteiger partial charge on any atom is 0.191 e. The van der Waals surface area contributed by atoms with Crippen molar-refractivity contribution in [1.82, 2.24) is 20.2 Å². The summed E-state index contributed by atoms with van der Waals surface area (Å²) in [6.07, 6.45) is 6.33. The molecule has 30 heavy (non-hydrogen) atoms. The van der Waals surface area contributed by atoms with E-state index in [1.54, 1.807) is 0 Å². The zero-order chi connectivity index (χ0) is 20.1. The summed E-state index contributed by atoms with van der Waals surface area (Å²) in [5.74, 6) is 1.88. The highest BCUT2D eigenvalue weighted by Crippen LogP contribution is 2.47. The molecular formula is C24H30IN5. The first-order valence-corrected chi connectivity index (χ1v) is 10.2. The average molecular weight is 515 g/mol. The fraction of sp³-hybridized carbons (Fsp3) is 0.333. The van der Waals surface area contributed by atoms with Gasteiger partial charge in [0.1, 0.15) is 5.82 Å². The number of nitrogens with one attached hydrogen (secondary N) is 2. The molecule has 158 valence electrons. The highest BCUT2D eigenvalue weighted by Gasteiger charge is 2.43. The van der Waals surface area contributed by atoms with Gasteiger partial charge in [0.25, 0.3) is 0 Å². The van der Waals surface area contributed by atoms with E-state index in [2.05, 4.69) is 79.8 Å². The Balaban J connectivity index is 0.00000256. The second kappa shape index (κ2) is 10.1. The van der Waals surface area contributed by atoms with E-state index in [-0.39, 0.29) is 29.4 Å². The predicted octanol–water partition coefficient (Wildman–Crippen LogP) is 4.25. The third kappa shape index (κ3) is 5.41. The van der Waals surface area contributed by atoms with Crippen molar-refractivity contribution in [3.63, 3.8) is 0 Å². The Labute approximate surface area is 196 Å². The Morgan fingerprint density at radius 1 is 1.07 bits per heavy atom. The number of hydrogen-bond donors (Lipinski definition) is 2. The van der Waals surface area contributed by atoms with Gasteiger partial charge in [-0.05, 0) is 36.5 Å². The third-order valence-corrected chi connectivity index (χ3v) is 5.79. The number of nitrogens with zero attached hydrogens (tertiary/aromatic N) is 3. The number of rotatable bonds is 7. The molecule has 0 bridgehead atoms. The van der Waals surface area contributed by atoms with Gasteiger partial charge in [0.2, 0.25) is 0 Å². The summed E-state index contributed by atoms with van der Waals surface area (Å²) in [4.78, 5) is 8.70. The van der Waals surface area contributed by atoms with Crippen molar-refractivity contribution in [2.24, 2.45) is 4.99 Å². The van der Waals surface area contributed by atoms with Gasteiger partial charge in [-0.15, -0.1) is 24.0 Å². The summed E-state index contributed by atoms with van der Waals surface area (Å²) in [6, 6.07) is 19.5. The largest absolute Gasteiger partial charge is 0.356 e. The summed E-state index contributed by atoms with van der Waals surface area (Å²) in [6.45, 7) is 4.53. The molecule has 1 fully saturated rings. The lowest BCUT2D eigenvalue weighted by atomic mass is 9.96. The van der Waals surface area contributed by atoms with Crippen LogP contribution in [-0.2, 0) is 18.5 Å². The van der Waals surface area contributed by atoms with Gasteiger partial charge in [0.15, 0.2) is 5.96 Å². The van der Waals surface area contributed by atoms with Crippen LogP contribution < -0.4 is 10.6 Å². The Morgan fingerprint density at radius 2 is 1.83 bits per heavy atom. The zero-order valence-corrected chi connectivity index (χ0v) is 20.0. The normalized spacial score (nSPS) is 14.7. The molecule has 1 heterocycles. The van der Waals surface area contributed by atoms with Gasteiger partial charge in [-0.25, -0.2) is 4.98 Å². The molecular weight excluding hydrogens is 485 g/mol. The molecule has 2 aromatic carbocycles. The van der Waals surface area contributed by atoms with E-state index in [0.717, 1.165) is 31.4 Å². The van der Waals surface area contributed by atoms with Crippen LogP contribution >= 0.6 is 24.0 Å². The fourth-order valence-corrected chi connectivity index (χ4v) is 3.77. The zero-order valence-electron chi connectivity index (χ0n) is 17.6. The van der Waals surface area contributed by atoms with Crippen molar-refractivity contribution in [3.05, 3.63) is 89.5 Å². The van der Waals surface area contributed by atoms with Crippen LogP contribution in [0.1, 0.15) is 35.4 Å². The van der Waals surface area contributed by atoms with Crippen molar-refractivity contribution in [3.8, 4) is 0 Å². The summed E-state index contributed by atoms with van der Waals surface area (Å²) in [5.41, 5.74) is 4.20. The van der Waals surface area contributed by atoms with Gasteiger partial charge in [-0.2, -0.15) is 0 Å². The lowest BCUT2D eigenvalue weighted by Crippen LogP contribution is -2.40. The van der Waals surface area contributed by atoms with Crippen molar-refractivity contribution in [2.75, 3.05) is 13.6 Å². The van der Waals surface area contributed by atoms with Gasteiger partial charge < -0.3 is 15.2 Å².